The molecule has 0 aliphatic carbocycles. The highest BCUT2D eigenvalue weighted by Gasteiger charge is 2.16. The number of aryl methyl sites for hydroxylation is 1. The number of nitrogens with zero attached hydrogens (tertiary/aromatic N) is 1. The van der Waals surface area contributed by atoms with Crippen molar-refractivity contribution < 1.29 is 8.42 Å². The van der Waals surface area contributed by atoms with Gasteiger partial charge < -0.3 is 4.98 Å². The minimum Gasteiger partial charge on any atom is -0.326 e. The van der Waals surface area contributed by atoms with Gasteiger partial charge in [-0.25, -0.2) is 13.1 Å². The van der Waals surface area contributed by atoms with Crippen molar-refractivity contribution in [2.75, 3.05) is 0 Å². The van der Waals surface area contributed by atoms with Crippen molar-refractivity contribution >= 4 is 21.6 Å². The highest BCUT2D eigenvalue weighted by Crippen LogP contribution is 2.11. The topological polar surface area (TPSA) is 91.9 Å². The number of H-pyrrole nitrogens is 1. The minimum atomic E-state index is -3.76. The van der Waals surface area contributed by atoms with Crippen LogP contribution in [0.3, 0.4) is 0 Å². The SMILES string of the molecule is Cc1cccnc1CNS(=O)(=O)c1c[nH]c(=O)c(Cl)c1. The molecule has 2 heterocycles. The van der Waals surface area contributed by atoms with Gasteiger partial charge in [-0.3, -0.25) is 9.78 Å². The van der Waals surface area contributed by atoms with Crippen molar-refractivity contribution in [3.8, 4) is 0 Å². The molecule has 0 spiro atoms. The lowest BCUT2D eigenvalue weighted by atomic mass is 10.2. The Morgan fingerprint density at radius 2 is 2.20 bits per heavy atom. The standard InChI is InChI=1S/C12H12ClN3O3S/c1-8-3-2-4-14-11(8)7-16-20(18,19)9-5-10(13)12(17)15-6-9/h2-6,16H,7H2,1H3,(H,15,17). The van der Waals surface area contributed by atoms with E-state index in [0.717, 1.165) is 17.8 Å². The van der Waals surface area contributed by atoms with Gasteiger partial charge in [0.2, 0.25) is 10.0 Å². The van der Waals surface area contributed by atoms with Crippen LogP contribution in [0, 0.1) is 6.92 Å². The molecule has 0 aromatic carbocycles. The van der Waals surface area contributed by atoms with E-state index in [0.29, 0.717) is 5.69 Å². The number of pyridine rings is 2. The molecule has 2 aromatic heterocycles. The monoisotopic (exact) mass is 313 g/mol. The quantitative estimate of drug-likeness (QED) is 0.887. The fourth-order valence-electron chi connectivity index (χ4n) is 1.54. The predicted molar refractivity (Wildman–Crippen MR) is 75.1 cm³/mol. The summed E-state index contributed by atoms with van der Waals surface area (Å²) in [6, 6.07) is 4.72. The van der Waals surface area contributed by atoms with Crippen molar-refractivity contribution in [1.82, 2.24) is 14.7 Å². The normalized spacial score (nSPS) is 11.5. The molecular formula is C12H12ClN3O3S. The van der Waals surface area contributed by atoms with Crippen LogP contribution in [0.25, 0.3) is 0 Å². The van der Waals surface area contributed by atoms with Crippen molar-refractivity contribution in [2.45, 2.75) is 18.4 Å². The van der Waals surface area contributed by atoms with E-state index in [4.69, 9.17) is 11.6 Å². The van der Waals surface area contributed by atoms with E-state index in [1.54, 1.807) is 12.3 Å². The minimum absolute atomic E-state index is 0.0613. The Balaban J connectivity index is 2.21. The second kappa shape index (κ2) is 5.74. The van der Waals surface area contributed by atoms with Crippen molar-refractivity contribution in [3.05, 3.63) is 57.2 Å². The molecule has 20 heavy (non-hydrogen) atoms. The first-order chi connectivity index (χ1) is 9.40. The zero-order chi connectivity index (χ0) is 14.8. The van der Waals surface area contributed by atoms with Gasteiger partial charge in [0, 0.05) is 12.4 Å². The van der Waals surface area contributed by atoms with E-state index in [1.165, 1.54) is 0 Å². The zero-order valence-electron chi connectivity index (χ0n) is 10.6. The third kappa shape index (κ3) is 3.24. The van der Waals surface area contributed by atoms with E-state index in [1.807, 2.05) is 13.0 Å². The number of hydrogen-bond donors (Lipinski definition) is 2. The molecule has 0 saturated carbocycles. The van der Waals surface area contributed by atoms with Gasteiger partial charge in [-0.15, -0.1) is 0 Å². The summed E-state index contributed by atoms with van der Waals surface area (Å²) < 4.78 is 26.5. The van der Waals surface area contributed by atoms with Crippen molar-refractivity contribution in [1.29, 1.82) is 0 Å². The van der Waals surface area contributed by atoms with E-state index in [9.17, 15) is 13.2 Å². The first kappa shape index (κ1) is 14.7. The van der Waals surface area contributed by atoms with Gasteiger partial charge >= 0.3 is 0 Å². The molecule has 0 fully saturated rings. The Morgan fingerprint density at radius 1 is 1.45 bits per heavy atom. The molecule has 8 heteroatoms. The summed E-state index contributed by atoms with van der Waals surface area (Å²) in [7, 11) is -3.76. The molecule has 0 radical (unpaired) electrons. The van der Waals surface area contributed by atoms with Crippen molar-refractivity contribution in [2.24, 2.45) is 0 Å². The zero-order valence-corrected chi connectivity index (χ0v) is 12.1. The van der Waals surface area contributed by atoms with Crippen LogP contribution >= 0.6 is 11.6 Å². The number of hydrogen-bond acceptors (Lipinski definition) is 4. The average molecular weight is 314 g/mol. The predicted octanol–water partition coefficient (Wildman–Crippen LogP) is 1.21. The van der Waals surface area contributed by atoms with Crippen LogP contribution in [0.2, 0.25) is 5.02 Å². The van der Waals surface area contributed by atoms with Crippen LogP contribution in [-0.2, 0) is 16.6 Å². The summed E-state index contributed by atoms with van der Waals surface area (Å²) in [5.74, 6) is 0. The number of halogens is 1. The molecule has 6 nitrogen and oxygen atoms in total. The van der Waals surface area contributed by atoms with Gasteiger partial charge in [-0.2, -0.15) is 0 Å². The number of rotatable bonds is 4. The van der Waals surface area contributed by atoms with Gasteiger partial charge in [0.25, 0.3) is 5.56 Å². The largest absolute Gasteiger partial charge is 0.326 e. The third-order valence-corrected chi connectivity index (χ3v) is 4.35. The van der Waals surface area contributed by atoms with Gasteiger partial charge in [0.1, 0.15) is 5.02 Å². The molecule has 0 atom stereocenters. The van der Waals surface area contributed by atoms with Crippen LogP contribution in [0.4, 0.5) is 0 Å². The number of aromatic amines is 1. The lowest BCUT2D eigenvalue weighted by Gasteiger charge is -2.08. The number of sulfonamides is 1. The van der Waals surface area contributed by atoms with E-state index < -0.39 is 15.6 Å². The first-order valence-corrected chi connectivity index (χ1v) is 7.54. The molecule has 2 N–H and O–H groups in total. The van der Waals surface area contributed by atoms with Crippen LogP contribution in [-0.4, -0.2) is 18.4 Å². The summed E-state index contributed by atoms with van der Waals surface area (Å²) in [5.41, 5.74) is 0.979. The summed E-state index contributed by atoms with van der Waals surface area (Å²) >= 11 is 5.61. The molecule has 0 amide bonds. The Bertz CT molecular complexity index is 787. The number of aromatic nitrogens is 2. The molecule has 106 valence electrons. The highest BCUT2D eigenvalue weighted by molar-refractivity contribution is 7.89. The maximum atomic E-state index is 12.1. The molecule has 0 aliphatic heterocycles. The molecular weight excluding hydrogens is 302 g/mol. The fourth-order valence-corrected chi connectivity index (χ4v) is 2.76. The Hall–Kier alpha value is -1.70. The lowest BCUT2D eigenvalue weighted by Crippen LogP contribution is -2.25. The molecule has 0 saturated heterocycles. The first-order valence-electron chi connectivity index (χ1n) is 5.68. The number of nitrogens with one attached hydrogen (secondary N) is 2. The Kier molecular flexibility index (Phi) is 4.22. The maximum Gasteiger partial charge on any atom is 0.266 e. The smallest absolute Gasteiger partial charge is 0.266 e. The fraction of sp³-hybridized carbons (Fsp3) is 0.167. The highest BCUT2D eigenvalue weighted by atomic mass is 35.5. The van der Waals surface area contributed by atoms with Crippen LogP contribution in [0.1, 0.15) is 11.3 Å². The molecule has 0 unspecified atom stereocenters. The second-order valence-corrected chi connectivity index (χ2v) is 6.28. The molecule has 0 aliphatic rings. The van der Waals surface area contributed by atoms with Gasteiger partial charge in [-0.05, 0) is 24.6 Å². The Morgan fingerprint density at radius 3 is 2.85 bits per heavy atom. The van der Waals surface area contributed by atoms with E-state index in [-0.39, 0.29) is 16.5 Å². The van der Waals surface area contributed by atoms with Crippen LogP contribution in [0.5, 0.6) is 0 Å². The second-order valence-electron chi connectivity index (χ2n) is 4.10. The van der Waals surface area contributed by atoms with Gasteiger partial charge in [-0.1, -0.05) is 17.7 Å². The summed E-state index contributed by atoms with van der Waals surface area (Å²) in [4.78, 5) is 17.4. The third-order valence-electron chi connectivity index (χ3n) is 2.69. The van der Waals surface area contributed by atoms with Gasteiger partial charge in [0.15, 0.2) is 0 Å². The van der Waals surface area contributed by atoms with Gasteiger partial charge in [0.05, 0.1) is 17.1 Å². The summed E-state index contributed by atoms with van der Waals surface area (Å²) in [6.45, 7) is 1.90. The molecule has 2 rings (SSSR count). The van der Waals surface area contributed by atoms with E-state index >= 15 is 0 Å². The summed E-state index contributed by atoms with van der Waals surface area (Å²) in [5, 5.41) is -0.179. The Labute approximate surface area is 120 Å². The van der Waals surface area contributed by atoms with E-state index in [2.05, 4.69) is 14.7 Å². The maximum absolute atomic E-state index is 12.1. The average Bonchev–Trinajstić information content (AvgIpc) is 2.41. The molecule has 0 bridgehead atoms. The van der Waals surface area contributed by atoms with Crippen LogP contribution < -0.4 is 10.3 Å². The van der Waals surface area contributed by atoms with Crippen molar-refractivity contribution in [3.63, 3.8) is 0 Å². The summed E-state index contributed by atoms with van der Waals surface area (Å²) in [6.07, 6.45) is 2.69. The lowest BCUT2D eigenvalue weighted by molar-refractivity contribution is 0.579. The van der Waals surface area contributed by atoms with Crippen LogP contribution in [0.15, 0.2) is 40.3 Å². The molecule has 2 aromatic rings.